The number of rotatable bonds is 4. The van der Waals surface area contributed by atoms with Gasteiger partial charge in [0.1, 0.15) is 5.82 Å². The fourth-order valence-electron chi connectivity index (χ4n) is 3.38. The van der Waals surface area contributed by atoms with E-state index in [0.29, 0.717) is 36.2 Å². The molecule has 1 amide bonds. The topological polar surface area (TPSA) is 74.6 Å². The van der Waals surface area contributed by atoms with E-state index in [1.54, 1.807) is 24.4 Å². The Morgan fingerprint density at radius 3 is 2.84 bits per heavy atom. The van der Waals surface area contributed by atoms with Crippen LogP contribution in [-0.2, 0) is 11.8 Å². The molecule has 0 radical (unpaired) electrons. The monoisotopic (exact) mass is 343 g/mol. The summed E-state index contributed by atoms with van der Waals surface area (Å²) in [5.74, 6) is 2.29. The Bertz CT molecular complexity index is 767. The molecule has 132 valence electrons. The first kappa shape index (κ1) is 16.0. The summed E-state index contributed by atoms with van der Waals surface area (Å²) in [5, 5.41) is 3.16. The summed E-state index contributed by atoms with van der Waals surface area (Å²) in [6.07, 6.45) is 5.46. The second-order valence-electron chi connectivity index (χ2n) is 6.37. The SMILES string of the molecule is Cn1ccnc1[C@H](NC(=O)c1ccc2c(c1)OCO2)C1CCOCC1. The van der Waals surface area contributed by atoms with Crippen molar-refractivity contribution in [2.24, 2.45) is 13.0 Å². The van der Waals surface area contributed by atoms with Crippen molar-refractivity contribution in [1.82, 2.24) is 14.9 Å². The van der Waals surface area contributed by atoms with E-state index in [9.17, 15) is 4.79 Å². The molecular formula is C18H21N3O4. The van der Waals surface area contributed by atoms with Crippen LogP contribution in [0.3, 0.4) is 0 Å². The van der Waals surface area contributed by atoms with Crippen LogP contribution in [0.5, 0.6) is 11.5 Å². The lowest BCUT2D eigenvalue weighted by atomic mass is 9.90. The molecule has 1 aromatic heterocycles. The highest BCUT2D eigenvalue weighted by Gasteiger charge is 2.30. The third-order valence-electron chi connectivity index (χ3n) is 4.80. The molecule has 1 fully saturated rings. The zero-order valence-corrected chi connectivity index (χ0v) is 14.1. The predicted molar refractivity (Wildman–Crippen MR) is 89.5 cm³/mol. The number of fused-ring (bicyclic) bond motifs is 1. The molecule has 4 rings (SSSR count). The van der Waals surface area contributed by atoms with Gasteiger partial charge in [0, 0.05) is 38.2 Å². The van der Waals surface area contributed by atoms with Crippen molar-refractivity contribution in [2.75, 3.05) is 20.0 Å². The van der Waals surface area contributed by atoms with Gasteiger partial charge in [0.05, 0.1) is 6.04 Å². The number of nitrogens with zero attached hydrogens (tertiary/aromatic N) is 2. The molecular weight excluding hydrogens is 322 g/mol. The Morgan fingerprint density at radius 1 is 1.28 bits per heavy atom. The van der Waals surface area contributed by atoms with Gasteiger partial charge in [-0.1, -0.05) is 0 Å². The Morgan fingerprint density at radius 2 is 2.08 bits per heavy atom. The molecule has 1 saturated heterocycles. The van der Waals surface area contributed by atoms with Crippen LogP contribution in [0.15, 0.2) is 30.6 Å². The first-order chi connectivity index (χ1) is 12.2. The number of hydrogen-bond acceptors (Lipinski definition) is 5. The maximum absolute atomic E-state index is 12.8. The van der Waals surface area contributed by atoms with Crippen LogP contribution >= 0.6 is 0 Å². The van der Waals surface area contributed by atoms with Crippen molar-refractivity contribution in [2.45, 2.75) is 18.9 Å². The lowest BCUT2D eigenvalue weighted by molar-refractivity contribution is 0.0499. The maximum Gasteiger partial charge on any atom is 0.252 e. The highest BCUT2D eigenvalue weighted by Crippen LogP contribution is 2.33. The summed E-state index contributed by atoms with van der Waals surface area (Å²) in [5.41, 5.74) is 0.551. The average Bonchev–Trinajstić information content (AvgIpc) is 3.28. The summed E-state index contributed by atoms with van der Waals surface area (Å²) in [6, 6.07) is 5.09. The van der Waals surface area contributed by atoms with E-state index in [-0.39, 0.29) is 18.7 Å². The summed E-state index contributed by atoms with van der Waals surface area (Å²) < 4.78 is 18.1. The largest absolute Gasteiger partial charge is 0.454 e. The molecule has 7 nitrogen and oxygen atoms in total. The molecule has 0 bridgehead atoms. The second kappa shape index (κ2) is 6.76. The summed E-state index contributed by atoms with van der Waals surface area (Å²) >= 11 is 0. The predicted octanol–water partition coefficient (Wildman–Crippen LogP) is 2.05. The van der Waals surface area contributed by atoms with Gasteiger partial charge < -0.3 is 24.1 Å². The number of aryl methyl sites for hydroxylation is 1. The maximum atomic E-state index is 12.8. The Labute approximate surface area is 145 Å². The molecule has 0 aliphatic carbocycles. The van der Waals surface area contributed by atoms with E-state index in [1.807, 2.05) is 17.8 Å². The van der Waals surface area contributed by atoms with Crippen molar-refractivity contribution in [3.8, 4) is 11.5 Å². The van der Waals surface area contributed by atoms with Crippen molar-refractivity contribution in [1.29, 1.82) is 0 Å². The van der Waals surface area contributed by atoms with Crippen molar-refractivity contribution < 1.29 is 19.0 Å². The number of carbonyl (C=O) groups is 1. The number of carbonyl (C=O) groups excluding carboxylic acids is 1. The molecule has 2 aliphatic rings. The minimum Gasteiger partial charge on any atom is -0.454 e. The minimum absolute atomic E-state index is 0.141. The Hall–Kier alpha value is -2.54. The van der Waals surface area contributed by atoms with E-state index in [0.717, 1.165) is 18.7 Å². The van der Waals surface area contributed by atoms with Gasteiger partial charge in [-0.2, -0.15) is 0 Å². The Balaban J connectivity index is 1.57. The fourth-order valence-corrected chi connectivity index (χ4v) is 3.38. The van der Waals surface area contributed by atoms with Gasteiger partial charge in [0.25, 0.3) is 5.91 Å². The molecule has 1 N–H and O–H groups in total. The minimum atomic E-state index is -0.151. The quantitative estimate of drug-likeness (QED) is 0.920. The van der Waals surface area contributed by atoms with Crippen LogP contribution < -0.4 is 14.8 Å². The lowest BCUT2D eigenvalue weighted by Gasteiger charge is -2.30. The lowest BCUT2D eigenvalue weighted by Crippen LogP contribution is -2.37. The van der Waals surface area contributed by atoms with Crippen molar-refractivity contribution in [3.63, 3.8) is 0 Å². The number of amides is 1. The zero-order chi connectivity index (χ0) is 17.2. The second-order valence-corrected chi connectivity index (χ2v) is 6.37. The van der Waals surface area contributed by atoms with Gasteiger partial charge in [-0.3, -0.25) is 4.79 Å². The average molecular weight is 343 g/mol. The molecule has 0 spiro atoms. The van der Waals surface area contributed by atoms with Gasteiger partial charge in [-0.05, 0) is 37.0 Å². The number of nitrogens with one attached hydrogen (secondary N) is 1. The van der Waals surface area contributed by atoms with E-state index in [1.165, 1.54) is 0 Å². The van der Waals surface area contributed by atoms with E-state index in [4.69, 9.17) is 14.2 Å². The molecule has 25 heavy (non-hydrogen) atoms. The van der Waals surface area contributed by atoms with Gasteiger partial charge in [0.15, 0.2) is 11.5 Å². The number of ether oxygens (including phenoxy) is 3. The van der Waals surface area contributed by atoms with Gasteiger partial charge in [-0.25, -0.2) is 4.98 Å². The molecule has 2 aliphatic heterocycles. The highest BCUT2D eigenvalue weighted by atomic mass is 16.7. The molecule has 0 unspecified atom stereocenters. The molecule has 0 saturated carbocycles. The molecule has 7 heteroatoms. The third kappa shape index (κ3) is 3.19. The van der Waals surface area contributed by atoms with Crippen LogP contribution in [0.1, 0.15) is 35.1 Å². The first-order valence-electron chi connectivity index (χ1n) is 8.48. The van der Waals surface area contributed by atoms with Crippen LogP contribution in [0, 0.1) is 5.92 Å². The number of hydrogen-bond donors (Lipinski definition) is 1. The third-order valence-corrected chi connectivity index (χ3v) is 4.80. The molecule has 1 atom stereocenters. The summed E-state index contributed by atoms with van der Waals surface area (Å²) in [7, 11) is 1.95. The standard InChI is InChI=1S/C18H21N3O4/c1-21-7-6-19-17(21)16(12-4-8-23-9-5-12)20-18(22)13-2-3-14-15(10-13)25-11-24-14/h2-3,6-7,10,12,16H,4-5,8-9,11H2,1H3,(H,20,22)/t16-/m1/s1. The fraction of sp³-hybridized carbons (Fsp3) is 0.444. The molecule has 1 aromatic carbocycles. The van der Waals surface area contributed by atoms with Crippen molar-refractivity contribution in [3.05, 3.63) is 42.0 Å². The first-order valence-corrected chi connectivity index (χ1v) is 8.48. The smallest absolute Gasteiger partial charge is 0.252 e. The number of aromatic nitrogens is 2. The van der Waals surface area contributed by atoms with E-state index >= 15 is 0 Å². The summed E-state index contributed by atoms with van der Waals surface area (Å²) in [6.45, 7) is 1.62. The van der Waals surface area contributed by atoms with Crippen LogP contribution in [0.2, 0.25) is 0 Å². The zero-order valence-electron chi connectivity index (χ0n) is 14.1. The molecule has 3 heterocycles. The van der Waals surface area contributed by atoms with Gasteiger partial charge in [-0.15, -0.1) is 0 Å². The van der Waals surface area contributed by atoms with E-state index < -0.39 is 0 Å². The van der Waals surface area contributed by atoms with E-state index in [2.05, 4.69) is 10.3 Å². The van der Waals surface area contributed by atoms with Crippen LogP contribution in [0.4, 0.5) is 0 Å². The highest BCUT2D eigenvalue weighted by molar-refractivity contribution is 5.95. The number of benzene rings is 1. The molecule has 2 aromatic rings. The summed E-state index contributed by atoms with van der Waals surface area (Å²) in [4.78, 5) is 17.3. The van der Waals surface area contributed by atoms with Crippen LogP contribution in [-0.4, -0.2) is 35.5 Å². The van der Waals surface area contributed by atoms with Crippen LogP contribution in [0.25, 0.3) is 0 Å². The van der Waals surface area contributed by atoms with Gasteiger partial charge >= 0.3 is 0 Å². The normalized spacial score (nSPS) is 18.1. The Kier molecular flexibility index (Phi) is 4.31. The number of imidazole rings is 1. The van der Waals surface area contributed by atoms with Gasteiger partial charge in [0.2, 0.25) is 6.79 Å². The van der Waals surface area contributed by atoms with Crippen molar-refractivity contribution >= 4 is 5.91 Å².